The lowest BCUT2D eigenvalue weighted by Gasteiger charge is -2.07. The summed E-state index contributed by atoms with van der Waals surface area (Å²) in [5.41, 5.74) is 0.400. The molecule has 0 unspecified atom stereocenters. The number of anilines is 1. The lowest BCUT2D eigenvalue weighted by atomic mass is 10.3. The average molecular weight is 312 g/mol. The van der Waals surface area contributed by atoms with E-state index in [0.717, 1.165) is 6.42 Å². The third kappa shape index (κ3) is 3.43. The number of aromatic nitrogens is 1. The number of nitrogens with zero attached hydrogens (tertiary/aromatic N) is 1. The van der Waals surface area contributed by atoms with Gasteiger partial charge in [0.15, 0.2) is 0 Å². The first kappa shape index (κ1) is 15.5. The second kappa shape index (κ2) is 6.28. The minimum Gasteiger partial charge on any atom is -0.390 e. The molecule has 2 aromatic rings. The normalized spacial score (nSPS) is 11.6. The van der Waals surface area contributed by atoms with E-state index in [-0.39, 0.29) is 17.2 Å². The van der Waals surface area contributed by atoms with Crippen molar-refractivity contribution in [3.8, 4) is 0 Å². The van der Waals surface area contributed by atoms with Crippen LogP contribution in [0.1, 0.15) is 19.0 Å². The average Bonchev–Trinajstić information content (AvgIpc) is 2.86. The first-order valence-corrected chi connectivity index (χ1v) is 8.03. The highest BCUT2D eigenvalue weighted by molar-refractivity contribution is 7.92. The summed E-state index contributed by atoms with van der Waals surface area (Å²) in [5.74, 6) is -0.642. The summed E-state index contributed by atoms with van der Waals surface area (Å²) < 4.78 is 42.0. The molecule has 21 heavy (non-hydrogen) atoms. The largest absolute Gasteiger partial charge is 0.390 e. The fraction of sp³-hybridized carbons (Fsp3) is 0.286. The van der Waals surface area contributed by atoms with Crippen LogP contribution in [0.4, 0.5) is 10.1 Å². The van der Waals surface area contributed by atoms with Gasteiger partial charge >= 0.3 is 0 Å². The van der Waals surface area contributed by atoms with Crippen LogP contribution >= 0.6 is 0 Å². The molecule has 2 rings (SSSR count). The SMILES string of the molecule is CCCn1cc(S(=O)(=O)Nc2ccccc2F)cc1CO. The molecule has 0 aliphatic rings. The van der Waals surface area contributed by atoms with Crippen molar-refractivity contribution in [2.24, 2.45) is 0 Å². The first-order chi connectivity index (χ1) is 9.97. The molecule has 0 atom stereocenters. The molecule has 1 aromatic carbocycles. The van der Waals surface area contributed by atoms with E-state index in [1.165, 1.54) is 30.5 Å². The summed E-state index contributed by atoms with van der Waals surface area (Å²) in [7, 11) is -3.89. The Bertz CT molecular complexity index is 726. The number of aliphatic hydroxyl groups excluding tert-OH is 1. The van der Waals surface area contributed by atoms with Gasteiger partial charge in [0, 0.05) is 18.4 Å². The predicted molar refractivity (Wildman–Crippen MR) is 77.9 cm³/mol. The van der Waals surface area contributed by atoms with Crippen LogP contribution in [0.3, 0.4) is 0 Å². The minimum absolute atomic E-state index is 0.00301. The van der Waals surface area contributed by atoms with Gasteiger partial charge in [-0.2, -0.15) is 0 Å². The molecule has 1 heterocycles. The second-order valence-electron chi connectivity index (χ2n) is 4.60. The van der Waals surface area contributed by atoms with E-state index in [2.05, 4.69) is 4.72 Å². The standard InChI is InChI=1S/C14H17FN2O3S/c1-2-7-17-9-12(8-11(17)10-18)21(19,20)16-14-6-4-3-5-13(14)15/h3-6,8-9,16,18H,2,7,10H2,1H3. The van der Waals surface area contributed by atoms with Crippen molar-refractivity contribution in [1.82, 2.24) is 4.57 Å². The van der Waals surface area contributed by atoms with E-state index >= 15 is 0 Å². The second-order valence-corrected chi connectivity index (χ2v) is 6.29. The van der Waals surface area contributed by atoms with Crippen LogP contribution in [0.2, 0.25) is 0 Å². The Balaban J connectivity index is 2.34. The van der Waals surface area contributed by atoms with Gasteiger partial charge < -0.3 is 9.67 Å². The van der Waals surface area contributed by atoms with Gasteiger partial charge in [0.25, 0.3) is 10.0 Å². The lowest BCUT2D eigenvalue weighted by molar-refractivity contribution is 0.270. The van der Waals surface area contributed by atoms with Crippen molar-refractivity contribution in [3.63, 3.8) is 0 Å². The predicted octanol–water partition coefficient (Wildman–Crippen LogP) is 2.33. The topological polar surface area (TPSA) is 71.3 Å². The third-order valence-electron chi connectivity index (χ3n) is 3.02. The zero-order valence-corrected chi connectivity index (χ0v) is 12.4. The number of rotatable bonds is 6. The highest BCUT2D eigenvalue weighted by Crippen LogP contribution is 2.21. The van der Waals surface area contributed by atoms with E-state index in [9.17, 15) is 17.9 Å². The first-order valence-electron chi connectivity index (χ1n) is 6.55. The van der Waals surface area contributed by atoms with Crippen LogP contribution in [0.15, 0.2) is 41.4 Å². The smallest absolute Gasteiger partial charge is 0.263 e. The molecular formula is C14H17FN2O3S. The van der Waals surface area contributed by atoms with E-state index in [1.807, 2.05) is 6.92 Å². The molecule has 0 bridgehead atoms. The number of aryl methyl sites for hydroxylation is 1. The van der Waals surface area contributed by atoms with Crippen LogP contribution < -0.4 is 4.72 Å². The van der Waals surface area contributed by atoms with Gasteiger partial charge in [-0.3, -0.25) is 4.72 Å². The van der Waals surface area contributed by atoms with Gasteiger partial charge in [0.2, 0.25) is 0 Å². The zero-order valence-electron chi connectivity index (χ0n) is 11.6. The summed E-state index contributed by atoms with van der Waals surface area (Å²) in [4.78, 5) is 0.00301. The highest BCUT2D eigenvalue weighted by atomic mass is 32.2. The van der Waals surface area contributed by atoms with Crippen molar-refractivity contribution in [3.05, 3.63) is 48.0 Å². The molecule has 0 amide bonds. The number of halogens is 1. The maximum absolute atomic E-state index is 13.5. The van der Waals surface area contributed by atoms with E-state index < -0.39 is 15.8 Å². The summed E-state index contributed by atoms with van der Waals surface area (Å²) in [6, 6.07) is 6.94. The fourth-order valence-corrected chi connectivity index (χ4v) is 3.13. The molecule has 7 heteroatoms. The van der Waals surface area contributed by atoms with E-state index in [0.29, 0.717) is 12.2 Å². The number of para-hydroxylation sites is 1. The van der Waals surface area contributed by atoms with Gasteiger partial charge in [0.1, 0.15) is 10.7 Å². The van der Waals surface area contributed by atoms with Crippen LogP contribution in [-0.4, -0.2) is 18.1 Å². The summed E-state index contributed by atoms with van der Waals surface area (Å²) in [6.45, 7) is 2.30. The Labute approximate surface area is 123 Å². The summed E-state index contributed by atoms with van der Waals surface area (Å²) in [5, 5.41) is 9.26. The molecule has 0 aliphatic carbocycles. The van der Waals surface area contributed by atoms with Gasteiger partial charge in [0.05, 0.1) is 12.3 Å². The van der Waals surface area contributed by atoms with E-state index in [1.54, 1.807) is 10.6 Å². The van der Waals surface area contributed by atoms with Crippen molar-refractivity contribution in [1.29, 1.82) is 0 Å². The summed E-state index contributed by atoms with van der Waals surface area (Å²) >= 11 is 0. The maximum atomic E-state index is 13.5. The van der Waals surface area contributed by atoms with E-state index in [4.69, 9.17) is 0 Å². The minimum atomic E-state index is -3.89. The van der Waals surface area contributed by atoms with Crippen LogP contribution in [0, 0.1) is 5.82 Å². The quantitative estimate of drug-likeness (QED) is 0.860. The number of hydrogen-bond donors (Lipinski definition) is 2. The van der Waals surface area contributed by atoms with Crippen LogP contribution in [0.5, 0.6) is 0 Å². The molecular weight excluding hydrogens is 295 g/mol. The Hall–Kier alpha value is -1.86. The molecule has 0 fully saturated rings. The molecule has 114 valence electrons. The van der Waals surface area contributed by atoms with Crippen molar-refractivity contribution < 1.29 is 17.9 Å². The van der Waals surface area contributed by atoms with Crippen LogP contribution in [0.25, 0.3) is 0 Å². The summed E-state index contributed by atoms with van der Waals surface area (Å²) in [6.07, 6.45) is 2.25. The highest BCUT2D eigenvalue weighted by Gasteiger charge is 2.19. The number of aliphatic hydroxyl groups is 1. The fourth-order valence-electron chi connectivity index (χ4n) is 2.00. The zero-order chi connectivity index (χ0) is 15.5. The number of hydrogen-bond acceptors (Lipinski definition) is 3. The van der Waals surface area contributed by atoms with Crippen molar-refractivity contribution in [2.45, 2.75) is 31.4 Å². The molecule has 1 aromatic heterocycles. The molecule has 0 spiro atoms. The molecule has 0 radical (unpaired) electrons. The van der Waals surface area contributed by atoms with Crippen LogP contribution in [-0.2, 0) is 23.2 Å². The number of benzene rings is 1. The molecule has 2 N–H and O–H groups in total. The Morgan fingerprint density at radius 3 is 2.67 bits per heavy atom. The molecule has 0 saturated carbocycles. The third-order valence-corrected chi connectivity index (χ3v) is 4.35. The Kier molecular flexibility index (Phi) is 4.64. The van der Waals surface area contributed by atoms with Gasteiger partial charge in [-0.1, -0.05) is 19.1 Å². The van der Waals surface area contributed by atoms with Gasteiger partial charge in [-0.05, 0) is 24.6 Å². The van der Waals surface area contributed by atoms with Gasteiger partial charge in [-0.25, -0.2) is 12.8 Å². The Morgan fingerprint density at radius 1 is 1.33 bits per heavy atom. The molecule has 0 saturated heterocycles. The van der Waals surface area contributed by atoms with Gasteiger partial charge in [-0.15, -0.1) is 0 Å². The van der Waals surface area contributed by atoms with Crippen molar-refractivity contribution >= 4 is 15.7 Å². The number of nitrogens with one attached hydrogen (secondary N) is 1. The molecule has 5 nitrogen and oxygen atoms in total. The number of sulfonamides is 1. The Morgan fingerprint density at radius 2 is 2.05 bits per heavy atom. The monoisotopic (exact) mass is 312 g/mol. The van der Waals surface area contributed by atoms with Crippen molar-refractivity contribution in [2.75, 3.05) is 4.72 Å². The maximum Gasteiger partial charge on any atom is 0.263 e. The molecule has 0 aliphatic heterocycles. The lowest BCUT2D eigenvalue weighted by Crippen LogP contribution is -2.13.